The monoisotopic (exact) mass is 348 g/mol. The Labute approximate surface area is 147 Å². The molecule has 1 heterocycles. The molecule has 1 saturated carbocycles. The second-order valence-corrected chi connectivity index (χ2v) is 6.38. The number of hydrogen-bond acceptors (Lipinski definition) is 5. The van der Waals surface area contributed by atoms with Gasteiger partial charge in [-0.25, -0.2) is 0 Å². The van der Waals surface area contributed by atoms with Crippen LogP contribution in [0, 0.1) is 0 Å². The van der Waals surface area contributed by atoms with Crippen molar-refractivity contribution in [3.05, 3.63) is 23.8 Å². The lowest BCUT2D eigenvalue weighted by Crippen LogP contribution is -2.54. The maximum atomic E-state index is 13.0. The number of methoxy groups -OCH3 is 1. The Morgan fingerprint density at radius 1 is 1.28 bits per heavy atom. The van der Waals surface area contributed by atoms with Gasteiger partial charge in [0.15, 0.2) is 18.1 Å². The van der Waals surface area contributed by atoms with Crippen molar-refractivity contribution in [1.82, 2.24) is 4.90 Å². The number of nitrogens with two attached hydrogens (primary N) is 1. The molecule has 1 aliphatic carbocycles. The Bertz CT molecular complexity index is 646. The van der Waals surface area contributed by atoms with Crippen LogP contribution in [0.4, 0.5) is 0 Å². The second-order valence-electron chi connectivity index (χ2n) is 6.38. The topological polar surface area (TPSA) is 91.1 Å². The number of hydrogen-bond donors (Lipinski definition) is 1. The van der Waals surface area contributed by atoms with E-state index in [1.807, 2.05) is 4.90 Å². The predicted molar refractivity (Wildman–Crippen MR) is 90.7 cm³/mol. The third-order valence-corrected chi connectivity index (χ3v) is 4.77. The third-order valence-electron chi connectivity index (χ3n) is 4.77. The Kier molecular flexibility index (Phi) is 5.43. The van der Waals surface area contributed by atoms with Crippen molar-refractivity contribution in [3.63, 3.8) is 0 Å². The minimum Gasteiger partial charge on any atom is -0.493 e. The molecule has 1 saturated heterocycles. The molecule has 0 spiro atoms. The highest BCUT2D eigenvalue weighted by atomic mass is 16.5. The smallest absolute Gasteiger partial charge is 0.255 e. The summed E-state index contributed by atoms with van der Waals surface area (Å²) in [5, 5.41) is 0. The highest BCUT2D eigenvalue weighted by Crippen LogP contribution is 2.32. The van der Waals surface area contributed by atoms with Crippen LogP contribution < -0.4 is 15.2 Å². The third kappa shape index (κ3) is 3.87. The zero-order valence-corrected chi connectivity index (χ0v) is 14.4. The first-order valence-corrected chi connectivity index (χ1v) is 8.62. The van der Waals surface area contributed by atoms with E-state index in [0.717, 1.165) is 25.7 Å². The molecule has 1 aliphatic heterocycles. The first-order valence-electron chi connectivity index (χ1n) is 8.62. The number of carbonyl (C=O) groups excluding carboxylic acids is 2. The Balaban J connectivity index is 1.78. The van der Waals surface area contributed by atoms with Crippen LogP contribution in [0.1, 0.15) is 36.0 Å². The normalized spacial score (nSPS) is 22.8. The molecule has 7 heteroatoms. The van der Waals surface area contributed by atoms with Crippen LogP contribution in [0.2, 0.25) is 0 Å². The van der Waals surface area contributed by atoms with Crippen LogP contribution >= 0.6 is 0 Å². The summed E-state index contributed by atoms with van der Waals surface area (Å²) in [7, 11) is 1.49. The fourth-order valence-corrected chi connectivity index (χ4v) is 3.58. The van der Waals surface area contributed by atoms with Crippen molar-refractivity contribution < 1.29 is 23.8 Å². The maximum Gasteiger partial charge on any atom is 0.255 e. The summed E-state index contributed by atoms with van der Waals surface area (Å²) in [6.45, 7) is 0.933. The molecule has 2 N–H and O–H groups in total. The molecule has 2 fully saturated rings. The van der Waals surface area contributed by atoms with E-state index >= 15 is 0 Å². The van der Waals surface area contributed by atoms with Crippen LogP contribution in [-0.4, -0.2) is 55.7 Å². The number of primary amides is 1. The van der Waals surface area contributed by atoms with Gasteiger partial charge in [-0.2, -0.15) is 0 Å². The van der Waals surface area contributed by atoms with Gasteiger partial charge in [-0.3, -0.25) is 9.59 Å². The zero-order valence-electron chi connectivity index (χ0n) is 14.4. The van der Waals surface area contributed by atoms with E-state index < -0.39 is 5.91 Å². The summed E-state index contributed by atoms with van der Waals surface area (Å²) < 4.78 is 16.4. The number of nitrogens with zero attached hydrogens (tertiary/aromatic N) is 1. The zero-order chi connectivity index (χ0) is 17.8. The maximum absolute atomic E-state index is 13.0. The number of fused-ring (bicyclic) bond motifs is 1. The first-order chi connectivity index (χ1) is 12.1. The van der Waals surface area contributed by atoms with Gasteiger partial charge in [-0.1, -0.05) is 12.8 Å². The van der Waals surface area contributed by atoms with Crippen LogP contribution in [0.5, 0.6) is 11.5 Å². The van der Waals surface area contributed by atoms with E-state index in [1.165, 1.54) is 7.11 Å². The van der Waals surface area contributed by atoms with Gasteiger partial charge >= 0.3 is 0 Å². The van der Waals surface area contributed by atoms with E-state index in [9.17, 15) is 9.59 Å². The van der Waals surface area contributed by atoms with Gasteiger partial charge in [0.2, 0.25) is 0 Å². The summed E-state index contributed by atoms with van der Waals surface area (Å²) in [4.78, 5) is 25.8. The van der Waals surface area contributed by atoms with Crippen molar-refractivity contribution in [2.45, 2.75) is 37.8 Å². The summed E-state index contributed by atoms with van der Waals surface area (Å²) >= 11 is 0. The average Bonchev–Trinajstić information content (AvgIpc) is 2.65. The fourth-order valence-electron chi connectivity index (χ4n) is 3.58. The molecule has 0 radical (unpaired) electrons. The van der Waals surface area contributed by atoms with E-state index in [2.05, 4.69) is 0 Å². The molecule has 0 bridgehead atoms. The number of amides is 2. The molecule has 1 aromatic carbocycles. The molecule has 3 rings (SSSR count). The van der Waals surface area contributed by atoms with E-state index in [1.54, 1.807) is 18.2 Å². The standard InChI is InChI=1S/C18H24N2O5/c1-23-16-10-12(6-7-15(16)25-11-17(19)21)18(22)20-8-9-24-14-5-3-2-4-13(14)20/h6-7,10,13-14H,2-5,8-9,11H2,1H3,(H2,19,21)/t13-,14-/m0/s1. The Hall–Kier alpha value is -2.28. The highest BCUT2D eigenvalue weighted by molar-refractivity contribution is 5.95. The Morgan fingerprint density at radius 2 is 2.08 bits per heavy atom. The van der Waals surface area contributed by atoms with Crippen LogP contribution in [-0.2, 0) is 9.53 Å². The molecule has 25 heavy (non-hydrogen) atoms. The second kappa shape index (κ2) is 7.74. The van der Waals surface area contributed by atoms with Crippen LogP contribution in [0.25, 0.3) is 0 Å². The molecule has 136 valence electrons. The SMILES string of the molecule is COc1cc(C(=O)N2CCO[C@H]3CCCC[C@@H]32)ccc1OCC(N)=O. The van der Waals surface area contributed by atoms with Gasteiger partial charge in [0.05, 0.1) is 25.9 Å². The van der Waals surface area contributed by atoms with Crippen molar-refractivity contribution in [2.75, 3.05) is 26.9 Å². The van der Waals surface area contributed by atoms with Crippen LogP contribution in [0.15, 0.2) is 18.2 Å². The van der Waals surface area contributed by atoms with Crippen molar-refractivity contribution in [1.29, 1.82) is 0 Å². The number of ether oxygens (including phenoxy) is 3. The average molecular weight is 348 g/mol. The molecule has 2 aliphatic rings. The van der Waals surface area contributed by atoms with Gasteiger partial charge in [0, 0.05) is 12.1 Å². The van der Waals surface area contributed by atoms with Crippen molar-refractivity contribution in [2.24, 2.45) is 5.73 Å². The molecular formula is C18H24N2O5. The molecular weight excluding hydrogens is 324 g/mol. The van der Waals surface area contributed by atoms with E-state index in [-0.39, 0.29) is 24.7 Å². The lowest BCUT2D eigenvalue weighted by molar-refractivity contribution is -0.119. The summed E-state index contributed by atoms with van der Waals surface area (Å²) in [6, 6.07) is 5.11. The van der Waals surface area contributed by atoms with Gasteiger partial charge in [-0.05, 0) is 31.0 Å². The van der Waals surface area contributed by atoms with Crippen molar-refractivity contribution in [3.8, 4) is 11.5 Å². The molecule has 0 unspecified atom stereocenters. The molecule has 0 aromatic heterocycles. The number of benzene rings is 1. The van der Waals surface area contributed by atoms with Gasteiger partial charge in [0.1, 0.15) is 0 Å². The fraction of sp³-hybridized carbons (Fsp3) is 0.556. The van der Waals surface area contributed by atoms with E-state index in [0.29, 0.717) is 30.2 Å². The summed E-state index contributed by atoms with van der Waals surface area (Å²) in [5.74, 6) is 0.190. The quantitative estimate of drug-likeness (QED) is 0.867. The predicted octanol–water partition coefficient (Wildman–Crippen LogP) is 1.34. The van der Waals surface area contributed by atoms with Crippen LogP contribution in [0.3, 0.4) is 0 Å². The largest absolute Gasteiger partial charge is 0.493 e. The lowest BCUT2D eigenvalue weighted by Gasteiger charge is -2.43. The summed E-state index contributed by atoms with van der Waals surface area (Å²) in [5.41, 5.74) is 5.63. The minimum atomic E-state index is -0.570. The van der Waals surface area contributed by atoms with Crippen molar-refractivity contribution >= 4 is 11.8 Å². The highest BCUT2D eigenvalue weighted by Gasteiger charge is 2.37. The van der Waals surface area contributed by atoms with Gasteiger partial charge in [0.25, 0.3) is 11.8 Å². The first kappa shape index (κ1) is 17.5. The lowest BCUT2D eigenvalue weighted by atomic mass is 9.89. The molecule has 7 nitrogen and oxygen atoms in total. The number of morpholine rings is 1. The Morgan fingerprint density at radius 3 is 2.84 bits per heavy atom. The van der Waals surface area contributed by atoms with Gasteiger partial charge in [-0.15, -0.1) is 0 Å². The van der Waals surface area contributed by atoms with Gasteiger partial charge < -0.3 is 24.8 Å². The molecule has 2 atom stereocenters. The van der Waals surface area contributed by atoms with E-state index in [4.69, 9.17) is 19.9 Å². The molecule has 2 amide bonds. The number of carbonyl (C=O) groups is 2. The minimum absolute atomic E-state index is 0.0278. The summed E-state index contributed by atoms with van der Waals surface area (Å²) in [6.07, 6.45) is 4.41. The number of rotatable bonds is 5. The molecule has 1 aromatic rings.